The first kappa shape index (κ1) is 16.3. The van der Waals surface area contributed by atoms with Crippen molar-refractivity contribution in [1.29, 1.82) is 0 Å². The number of anilines is 1. The van der Waals surface area contributed by atoms with Gasteiger partial charge in [-0.15, -0.1) is 0 Å². The van der Waals surface area contributed by atoms with Gasteiger partial charge in [0.05, 0.1) is 21.7 Å². The van der Waals surface area contributed by atoms with Crippen LogP contribution < -0.4 is 5.32 Å². The van der Waals surface area contributed by atoms with Crippen LogP contribution in [0.15, 0.2) is 47.6 Å². The predicted molar refractivity (Wildman–Crippen MR) is 93.6 cm³/mol. The van der Waals surface area contributed by atoms with Crippen LogP contribution in [0.5, 0.6) is 0 Å². The van der Waals surface area contributed by atoms with Gasteiger partial charge in [-0.25, -0.2) is 4.98 Å². The molecule has 0 radical (unpaired) electrons. The lowest BCUT2D eigenvalue weighted by atomic mass is 10.3. The van der Waals surface area contributed by atoms with Crippen molar-refractivity contribution in [2.24, 2.45) is 0 Å². The van der Waals surface area contributed by atoms with Crippen molar-refractivity contribution in [2.45, 2.75) is 5.16 Å². The van der Waals surface area contributed by atoms with Crippen molar-refractivity contribution in [3.8, 4) is 0 Å². The number of nitrogens with zero attached hydrogens (tertiary/aromatic N) is 2. The highest BCUT2D eigenvalue weighted by molar-refractivity contribution is 7.99. The molecule has 0 aliphatic heterocycles. The molecule has 0 saturated carbocycles. The number of nitrogens with one attached hydrogen (secondary N) is 2. The Labute approximate surface area is 145 Å². The van der Waals surface area contributed by atoms with Gasteiger partial charge in [0.2, 0.25) is 5.91 Å². The SMILES string of the molecule is O=C(CSc1nc2ccc([N+](=O)[O-])cc2[nH]1)Nc1cccc(Cl)c1. The topological polar surface area (TPSA) is 101 Å². The molecule has 0 atom stereocenters. The Morgan fingerprint density at radius 2 is 2.17 bits per heavy atom. The largest absolute Gasteiger partial charge is 0.333 e. The third-order valence-corrected chi connectivity index (χ3v) is 4.21. The van der Waals surface area contributed by atoms with Crippen molar-refractivity contribution in [3.05, 3.63) is 57.6 Å². The number of fused-ring (bicyclic) bond motifs is 1. The number of rotatable bonds is 5. The number of carbonyl (C=O) groups excluding carboxylic acids is 1. The van der Waals surface area contributed by atoms with Gasteiger partial charge in [-0.05, 0) is 24.3 Å². The average Bonchev–Trinajstić information content (AvgIpc) is 2.95. The van der Waals surface area contributed by atoms with Crippen LogP contribution in [-0.4, -0.2) is 26.6 Å². The second-order valence-corrected chi connectivity index (χ2v) is 6.25. The van der Waals surface area contributed by atoms with E-state index in [0.29, 0.717) is 26.9 Å². The van der Waals surface area contributed by atoms with E-state index >= 15 is 0 Å². The minimum Gasteiger partial charge on any atom is -0.333 e. The molecule has 0 saturated heterocycles. The van der Waals surface area contributed by atoms with Gasteiger partial charge in [-0.2, -0.15) is 0 Å². The van der Waals surface area contributed by atoms with Crippen molar-refractivity contribution in [3.63, 3.8) is 0 Å². The Balaban J connectivity index is 1.64. The Morgan fingerprint density at radius 3 is 2.92 bits per heavy atom. The lowest BCUT2D eigenvalue weighted by Gasteiger charge is -2.04. The first-order valence-corrected chi connectivity index (χ1v) is 8.20. The molecule has 0 fully saturated rings. The molecule has 0 spiro atoms. The van der Waals surface area contributed by atoms with Gasteiger partial charge in [-0.1, -0.05) is 29.4 Å². The number of thioether (sulfide) groups is 1. The molecule has 24 heavy (non-hydrogen) atoms. The fraction of sp³-hybridized carbons (Fsp3) is 0.0667. The number of carbonyl (C=O) groups is 1. The molecule has 1 amide bonds. The number of non-ortho nitro benzene ring substituents is 1. The summed E-state index contributed by atoms with van der Waals surface area (Å²) in [4.78, 5) is 29.5. The molecular formula is C15H11ClN4O3S. The molecule has 3 rings (SSSR count). The number of hydrogen-bond donors (Lipinski definition) is 2. The fourth-order valence-electron chi connectivity index (χ4n) is 2.05. The number of benzene rings is 2. The summed E-state index contributed by atoms with van der Waals surface area (Å²) in [6.45, 7) is 0. The third-order valence-electron chi connectivity index (χ3n) is 3.10. The number of imidazole rings is 1. The maximum atomic E-state index is 11.9. The van der Waals surface area contributed by atoms with E-state index in [-0.39, 0.29) is 17.3 Å². The van der Waals surface area contributed by atoms with Crippen LogP contribution in [0.3, 0.4) is 0 Å². The van der Waals surface area contributed by atoms with E-state index in [1.54, 1.807) is 30.3 Å². The number of hydrogen-bond acceptors (Lipinski definition) is 5. The summed E-state index contributed by atoms with van der Waals surface area (Å²) >= 11 is 7.07. The van der Waals surface area contributed by atoms with Gasteiger partial charge < -0.3 is 10.3 Å². The van der Waals surface area contributed by atoms with Crippen LogP contribution in [0.4, 0.5) is 11.4 Å². The second kappa shape index (κ2) is 6.90. The third kappa shape index (κ3) is 3.84. The first-order valence-electron chi connectivity index (χ1n) is 6.83. The summed E-state index contributed by atoms with van der Waals surface area (Å²) in [6, 6.07) is 11.2. The number of amides is 1. The van der Waals surface area contributed by atoms with E-state index < -0.39 is 4.92 Å². The van der Waals surface area contributed by atoms with E-state index in [0.717, 1.165) is 0 Å². The summed E-state index contributed by atoms with van der Waals surface area (Å²) in [6.07, 6.45) is 0. The summed E-state index contributed by atoms with van der Waals surface area (Å²) in [7, 11) is 0. The lowest BCUT2D eigenvalue weighted by molar-refractivity contribution is -0.384. The van der Waals surface area contributed by atoms with Crippen LogP contribution in [0.2, 0.25) is 5.02 Å². The van der Waals surface area contributed by atoms with Gasteiger partial charge in [0.15, 0.2) is 5.16 Å². The minimum absolute atomic E-state index is 0.0126. The quantitative estimate of drug-likeness (QED) is 0.407. The smallest absolute Gasteiger partial charge is 0.271 e. The van der Waals surface area contributed by atoms with Crippen molar-refractivity contribution >= 4 is 51.7 Å². The first-order chi connectivity index (χ1) is 11.5. The zero-order valence-corrected chi connectivity index (χ0v) is 13.7. The molecule has 2 aromatic carbocycles. The van der Waals surface area contributed by atoms with Crippen LogP contribution in [0.1, 0.15) is 0 Å². The Bertz CT molecular complexity index is 928. The number of aromatic amines is 1. The number of halogens is 1. The van der Waals surface area contributed by atoms with Crippen molar-refractivity contribution < 1.29 is 9.72 Å². The molecule has 122 valence electrons. The van der Waals surface area contributed by atoms with Crippen LogP contribution >= 0.6 is 23.4 Å². The Morgan fingerprint density at radius 1 is 1.33 bits per heavy atom. The molecule has 3 aromatic rings. The zero-order valence-electron chi connectivity index (χ0n) is 12.2. The molecule has 0 aliphatic carbocycles. The van der Waals surface area contributed by atoms with Crippen LogP contribution in [0, 0.1) is 10.1 Å². The van der Waals surface area contributed by atoms with E-state index in [1.807, 2.05) is 0 Å². The van der Waals surface area contributed by atoms with E-state index in [4.69, 9.17) is 11.6 Å². The van der Waals surface area contributed by atoms with Gasteiger partial charge >= 0.3 is 0 Å². The summed E-state index contributed by atoms with van der Waals surface area (Å²) < 4.78 is 0. The molecular weight excluding hydrogens is 352 g/mol. The molecule has 2 N–H and O–H groups in total. The number of nitro groups is 1. The monoisotopic (exact) mass is 362 g/mol. The van der Waals surface area contributed by atoms with E-state index in [2.05, 4.69) is 15.3 Å². The maximum absolute atomic E-state index is 11.9. The zero-order chi connectivity index (χ0) is 17.1. The average molecular weight is 363 g/mol. The summed E-state index contributed by atoms with van der Waals surface area (Å²) in [5, 5.41) is 14.6. The highest BCUT2D eigenvalue weighted by Gasteiger charge is 2.11. The number of aromatic nitrogens is 2. The second-order valence-electron chi connectivity index (χ2n) is 4.85. The summed E-state index contributed by atoms with van der Waals surface area (Å²) in [5.74, 6) is -0.0530. The molecule has 0 bridgehead atoms. The maximum Gasteiger partial charge on any atom is 0.271 e. The summed E-state index contributed by atoms with van der Waals surface area (Å²) in [5.41, 5.74) is 1.77. The van der Waals surface area contributed by atoms with Gasteiger partial charge in [0.25, 0.3) is 5.69 Å². The van der Waals surface area contributed by atoms with Crippen LogP contribution in [0.25, 0.3) is 11.0 Å². The highest BCUT2D eigenvalue weighted by Crippen LogP contribution is 2.23. The molecule has 7 nitrogen and oxygen atoms in total. The molecule has 9 heteroatoms. The van der Waals surface area contributed by atoms with Crippen molar-refractivity contribution in [1.82, 2.24) is 9.97 Å². The Kier molecular flexibility index (Phi) is 4.68. The van der Waals surface area contributed by atoms with Gasteiger partial charge in [-0.3, -0.25) is 14.9 Å². The van der Waals surface area contributed by atoms with Gasteiger partial charge in [0, 0.05) is 22.8 Å². The standard InChI is InChI=1S/C15H11ClN4O3S/c16-9-2-1-3-10(6-9)17-14(21)8-24-15-18-12-5-4-11(20(22)23)7-13(12)19-15/h1-7H,8H2,(H,17,21)(H,18,19). The Hall–Kier alpha value is -2.58. The normalized spacial score (nSPS) is 10.7. The van der Waals surface area contributed by atoms with Crippen molar-refractivity contribution in [2.75, 3.05) is 11.1 Å². The van der Waals surface area contributed by atoms with E-state index in [9.17, 15) is 14.9 Å². The molecule has 0 aliphatic rings. The lowest BCUT2D eigenvalue weighted by Crippen LogP contribution is -2.13. The van der Waals surface area contributed by atoms with Gasteiger partial charge in [0.1, 0.15) is 0 Å². The highest BCUT2D eigenvalue weighted by atomic mass is 35.5. The number of H-pyrrole nitrogens is 1. The predicted octanol–water partition coefficient (Wildman–Crippen LogP) is 3.86. The molecule has 1 heterocycles. The molecule has 0 unspecified atom stereocenters. The minimum atomic E-state index is -0.467. The molecule has 1 aromatic heterocycles. The van der Waals surface area contributed by atoms with Crippen LogP contribution in [-0.2, 0) is 4.79 Å². The number of nitro benzene ring substituents is 1. The van der Waals surface area contributed by atoms with E-state index in [1.165, 1.54) is 23.9 Å². The fourth-order valence-corrected chi connectivity index (χ4v) is 2.93.